The number of piperidine rings is 1. The van der Waals surface area contributed by atoms with Crippen molar-refractivity contribution in [2.24, 2.45) is 5.92 Å². The fraction of sp³-hybridized carbons (Fsp3) is 0.455. The van der Waals surface area contributed by atoms with Gasteiger partial charge in [0.25, 0.3) is 5.91 Å². The van der Waals surface area contributed by atoms with E-state index in [1.807, 2.05) is 18.2 Å². The van der Waals surface area contributed by atoms with Gasteiger partial charge in [0.05, 0.1) is 5.56 Å². The molecule has 0 unspecified atom stereocenters. The van der Waals surface area contributed by atoms with E-state index in [2.05, 4.69) is 39.6 Å². The number of amides is 1. The van der Waals surface area contributed by atoms with Gasteiger partial charge in [-0.1, -0.05) is 6.92 Å². The number of aromatic nitrogens is 1. The van der Waals surface area contributed by atoms with Crippen molar-refractivity contribution < 1.29 is 9.53 Å². The van der Waals surface area contributed by atoms with Crippen LogP contribution in [0.15, 0.2) is 42.6 Å². The summed E-state index contributed by atoms with van der Waals surface area (Å²) in [6.45, 7) is 6.02. The maximum Gasteiger partial charge on any atom is 0.257 e. The lowest BCUT2D eigenvalue weighted by atomic mass is 9.99. The first kappa shape index (κ1) is 20.1. The molecule has 0 aliphatic carbocycles. The molecule has 0 saturated carbocycles. The number of rotatable bonds is 8. The van der Waals surface area contributed by atoms with Crippen molar-refractivity contribution in [3.8, 4) is 0 Å². The van der Waals surface area contributed by atoms with Crippen LogP contribution in [0.5, 0.6) is 0 Å². The summed E-state index contributed by atoms with van der Waals surface area (Å²) >= 11 is 0. The summed E-state index contributed by atoms with van der Waals surface area (Å²) in [4.78, 5) is 19.2. The van der Waals surface area contributed by atoms with E-state index in [0.29, 0.717) is 12.2 Å². The highest BCUT2D eigenvalue weighted by molar-refractivity contribution is 6.04. The number of ether oxygens (including phenoxy) is 1. The van der Waals surface area contributed by atoms with Gasteiger partial charge in [-0.3, -0.25) is 4.79 Å². The van der Waals surface area contributed by atoms with Crippen LogP contribution < -0.4 is 15.5 Å². The fourth-order valence-corrected chi connectivity index (χ4v) is 3.29. The standard InChI is InChI=1S/C22H30N4O2/c1-17-10-13-26(14-11-17)20-7-5-19(6-8-20)25-22(27)18-4-9-21(24-16-18)23-12-3-15-28-2/h4-9,16-17H,3,10-15H2,1-2H3,(H,23,24)(H,25,27). The van der Waals surface area contributed by atoms with Crippen molar-refractivity contribution in [3.63, 3.8) is 0 Å². The molecule has 28 heavy (non-hydrogen) atoms. The minimum absolute atomic E-state index is 0.155. The number of methoxy groups -OCH3 is 1. The summed E-state index contributed by atoms with van der Waals surface area (Å²) in [5, 5.41) is 6.15. The number of hydrogen-bond acceptors (Lipinski definition) is 5. The molecule has 0 atom stereocenters. The largest absolute Gasteiger partial charge is 0.385 e. The van der Waals surface area contributed by atoms with Crippen molar-refractivity contribution in [1.82, 2.24) is 4.98 Å². The molecule has 6 nitrogen and oxygen atoms in total. The molecular formula is C22H30N4O2. The van der Waals surface area contributed by atoms with Crippen LogP contribution in [-0.2, 0) is 4.74 Å². The molecular weight excluding hydrogens is 352 g/mol. The number of carbonyl (C=O) groups is 1. The summed E-state index contributed by atoms with van der Waals surface area (Å²) in [7, 11) is 1.69. The third kappa shape index (κ3) is 5.70. The van der Waals surface area contributed by atoms with Gasteiger partial charge in [-0.15, -0.1) is 0 Å². The third-order valence-electron chi connectivity index (χ3n) is 5.13. The Balaban J connectivity index is 1.51. The Morgan fingerprint density at radius 1 is 1.18 bits per heavy atom. The molecule has 0 spiro atoms. The Hall–Kier alpha value is -2.60. The summed E-state index contributed by atoms with van der Waals surface area (Å²) < 4.78 is 5.02. The predicted molar refractivity (Wildman–Crippen MR) is 114 cm³/mol. The maximum atomic E-state index is 12.4. The Labute approximate surface area is 167 Å². The normalized spacial score (nSPS) is 14.7. The first-order valence-corrected chi connectivity index (χ1v) is 10.0. The Bertz CT molecular complexity index is 738. The summed E-state index contributed by atoms with van der Waals surface area (Å²) in [5.41, 5.74) is 2.55. The number of hydrogen-bond donors (Lipinski definition) is 2. The van der Waals surface area contributed by atoms with Crippen molar-refractivity contribution in [2.45, 2.75) is 26.2 Å². The molecule has 1 aromatic heterocycles. The van der Waals surface area contributed by atoms with Crippen LogP contribution in [-0.4, -0.2) is 44.2 Å². The molecule has 2 heterocycles. The van der Waals surface area contributed by atoms with Crippen LogP contribution in [0.2, 0.25) is 0 Å². The van der Waals surface area contributed by atoms with Crippen molar-refractivity contribution in [3.05, 3.63) is 48.2 Å². The molecule has 1 aliphatic heterocycles. The number of carbonyl (C=O) groups excluding carboxylic acids is 1. The van der Waals surface area contributed by atoms with E-state index in [-0.39, 0.29) is 5.91 Å². The molecule has 0 radical (unpaired) electrons. The van der Waals surface area contributed by atoms with Crippen molar-refractivity contribution in [1.29, 1.82) is 0 Å². The van der Waals surface area contributed by atoms with E-state index in [1.54, 1.807) is 19.4 Å². The number of nitrogens with zero attached hydrogens (tertiary/aromatic N) is 2. The van der Waals surface area contributed by atoms with Crippen molar-refractivity contribution >= 4 is 23.1 Å². The molecule has 2 N–H and O–H groups in total. The highest BCUT2D eigenvalue weighted by Crippen LogP contribution is 2.24. The third-order valence-corrected chi connectivity index (χ3v) is 5.13. The molecule has 1 fully saturated rings. The molecule has 150 valence electrons. The minimum Gasteiger partial charge on any atom is -0.385 e. The van der Waals surface area contributed by atoms with Crippen LogP contribution in [0.3, 0.4) is 0 Å². The van der Waals surface area contributed by atoms with Crippen molar-refractivity contribution in [2.75, 3.05) is 48.9 Å². The quantitative estimate of drug-likeness (QED) is 0.675. The maximum absolute atomic E-state index is 12.4. The van der Waals surface area contributed by atoms with E-state index in [4.69, 9.17) is 4.74 Å². The average molecular weight is 383 g/mol. The lowest BCUT2D eigenvalue weighted by Gasteiger charge is -2.32. The Morgan fingerprint density at radius 2 is 1.93 bits per heavy atom. The number of benzene rings is 1. The molecule has 1 amide bonds. The molecule has 0 bridgehead atoms. The van der Waals surface area contributed by atoms with Gasteiger partial charge in [0.2, 0.25) is 0 Å². The van der Waals surface area contributed by atoms with E-state index in [9.17, 15) is 4.79 Å². The zero-order chi connectivity index (χ0) is 19.8. The van der Waals surface area contributed by atoms with E-state index in [0.717, 1.165) is 43.5 Å². The zero-order valence-electron chi connectivity index (χ0n) is 16.8. The van der Waals surface area contributed by atoms with Gasteiger partial charge >= 0.3 is 0 Å². The smallest absolute Gasteiger partial charge is 0.257 e. The van der Waals surface area contributed by atoms with Gasteiger partial charge in [0.1, 0.15) is 5.82 Å². The van der Waals surface area contributed by atoms with Crippen LogP contribution in [0.1, 0.15) is 36.5 Å². The lowest BCUT2D eigenvalue weighted by molar-refractivity contribution is 0.102. The molecule has 1 saturated heterocycles. The second-order valence-electron chi connectivity index (χ2n) is 7.38. The molecule has 1 aromatic carbocycles. The first-order valence-electron chi connectivity index (χ1n) is 10.0. The minimum atomic E-state index is -0.155. The Morgan fingerprint density at radius 3 is 2.57 bits per heavy atom. The SMILES string of the molecule is COCCCNc1ccc(C(=O)Nc2ccc(N3CCC(C)CC3)cc2)cn1. The fourth-order valence-electron chi connectivity index (χ4n) is 3.29. The van der Waals surface area contributed by atoms with Gasteiger partial charge in [0, 0.05) is 50.9 Å². The molecule has 3 rings (SSSR count). The topological polar surface area (TPSA) is 66.5 Å². The summed E-state index contributed by atoms with van der Waals surface area (Å²) in [6, 6.07) is 11.7. The van der Waals surface area contributed by atoms with E-state index < -0.39 is 0 Å². The predicted octanol–water partition coefficient (Wildman–Crippen LogP) is 4.02. The number of nitrogens with one attached hydrogen (secondary N) is 2. The van der Waals surface area contributed by atoms with Crippen LogP contribution in [0.4, 0.5) is 17.2 Å². The van der Waals surface area contributed by atoms with Gasteiger partial charge in [-0.05, 0) is 61.6 Å². The van der Waals surface area contributed by atoms with E-state index >= 15 is 0 Å². The first-order chi connectivity index (χ1) is 13.7. The molecule has 6 heteroatoms. The van der Waals surface area contributed by atoms with Crippen LogP contribution in [0.25, 0.3) is 0 Å². The van der Waals surface area contributed by atoms with Gasteiger partial charge in [0.15, 0.2) is 0 Å². The molecule has 2 aromatic rings. The number of anilines is 3. The Kier molecular flexibility index (Phi) is 7.25. The average Bonchev–Trinajstić information content (AvgIpc) is 2.73. The van der Waals surface area contributed by atoms with Gasteiger partial charge in [-0.2, -0.15) is 0 Å². The van der Waals surface area contributed by atoms with E-state index in [1.165, 1.54) is 18.5 Å². The zero-order valence-corrected chi connectivity index (χ0v) is 16.8. The lowest BCUT2D eigenvalue weighted by Crippen LogP contribution is -2.32. The highest BCUT2D eigenvalue weighted by Gasteiger charge is 2.16. The van der Waals surface area contributed by atoms with Crippen LogP contribution >= 0.6 is 0 Å². The molecule has 1 aliphatic rings. The van der Waals surface area contributed by atoms with Gasteiger partial charge in [-0.25, -0.2) is 4.98 Å². The summed E-state index contributed by atoms with van der Waals surface area (Å²) in [6.07, 6.45) is 4.98. The second kappa shape index (κ2) is 10.1. The van der Waals surface area contributed by atoms with Crippen LogP contribution in [0, 0.1) is 5.92 Å². The monoisotopic (exact) mass is 382 g/mol. The second-order valence-corrected chi connectivity index (χ2v) is 7.38. The summed E-state index contributed by atoms with van der Waals surface area (Å²) in [5.74, 6) is 1.42. The number of pyridine rings is 1. The highest BCUT2D eigenvalue weighted by atomic mass is 16.5. The van der Waals surface area contributed by atoms with Gasteiger partial charge < -0.3 is 20.3 Å².